The number of rotatable bonds is 5. The van der Waals surface area contributed by atoms with Gasteiger partial charge in [-0.2, -0.15) is 5.10 Å². The molecule has 3 N–H and O–H groups in total. The molecule has 0 bridgehead atoms. The highest BCUT2D eigenvalue weighted by atomic mass is 35.5. The number of aromatic nitrogens is 2. The number of carbonyl (C=O) groups is 1. The third kappa shape index (κ3) is 3.88. The standard InChI is InChI=1S/C17H22N4O2.ClH/c1-3-23-13-6-4-5-12(9-13)11(2)19-17(22)16-14-10-18-8-7-15(14)20-21-16;/h4-6,9,11,18H,3,7-8,10H2,1-2H3,(H,19,22)(H,20,21);1H. The van der Waals surface area contributed by atoms with E-state index in [0.29, 0.717) is 18.8 Å². The van der Waals surface area contributed by atoms with Crippen molar-refractivity contribution in [1.82, 2.24) is 20.8 Å². The number of fused-ring (bicyclic) bond motifs is 1. The Hall–Kier alpha value is -2.05. The van der Waals surface area contributed by atoms with Gasteiger partial charge in [-0.25, -0.2) is 0 Å². The molecule has 1 unspecified atom stereocenters. The quantitative estimate of drug-likeness (QED) is 0.773. The molecule has 0 saturated heterocycles. The van der Waals surface area contributed by atoms with Gasteiger partial charge in [-0.15, -0.1) is 12.4 Å². The van der Waals surface area contributed by atoms with Crippen molar-refractivity contribution in [2.45, 2.75) is 32.9 Å². The number of aromatic amines is 1. The van der Waals surface area contributed by atoms with E-state index < -0.39 is 0 Å². The number of halogens is 1. The zero-order chi connectivity index (χ0) is 16.2. The molecule has 3 rings (SSSR count). The smallest absolute Gasteiger partial charge is 0.272 e. The summed E-state index contributed by atoms with van der Waals surface area (Å²) in [6, 6.07) is 7.66. The van der Waals surface area contributed by atoms with Crippen LogP contribution in [0.3, 0.4) is 0 Å². The number of nitrogens with one attached hydrogen (secondary N) is 3. The van der Waals surface area contributed by atoms with E-state index in [1.54, 1.807) is 0 Å². The number of H-pyrrole nitrogens is 1. The third-order valence-electron chi connectivity index (χ3n) is 4.04. The van der Waals surface area contributed by atoms with Gasteiger partial charge in [0.1, 0.15) is 5.75 Å². The Bertz CT molecular complexity index is 702. The molecule has 6 nitrogen and oxygen atoms in total. The normalized spacial score (nSPS) is 14.2. The van der Waals surface area contributed by atoms with Gasteiger partial charge in [-0.1, -0.05) is 12.1 Å². The molecule has 0 radical (unpaired) electrons. The van der Waals surface area contributed by atoms with Crippen LogP contribution in [0.5, 0.6) is 5.75 Å². The van der Waals surface area contributed by atoms with Crippen molar-refractivity contribution in [3.63, 3.8) is 0 Å². The lowest BCUT2D eigenvalue weighted by Crippen LogP contribution is -2.30. The van der Waals surface area contributed by atoms with E-state index >= 15 is 0 Å². The molecule has 1 amide bonds. The molecule has 1 aromatic carbocycles. The molecule has 2 heterocycles. The van der Waals surface area contributed by atoms with Crippen LogP contribution in [0.4, 0.5) is 0 Å². The van der Waals surface area contributed by atoms with Crippen molar-refractivity contribution in [3.05, 3.63) is 46.8 Å². The second-order valence-corrected chi connectivity index (χ2v) is 5.66. The summed E-state index contributed by atoms with van der Waals surface area (Å²) < 4.78 is 5.51. The van der Waals surface area contributed by atoms with Crippen molar-refractivity contribution in [3.8, 4) is 5.75 Å². The van der Waals surface area contributed by atoms with Gasteiger partial charge < -0.3 is 15.4 Å². The molecule has 1 aliphatic rings. The second-order valence-electron chi connectivity index (χ2n) is 5.66. The fourth-order valence-corrected chi connectivity index (χ4v) is 2.80. The zero-order valence-electron chi connectivity index (χ0n) is 13.9. The largest absolute Gasteiger partial charge is 0.494 e. The summed E-state index contributed by atoms with van der Waals surface area (Å²) in [6.07, 6.45) is 0.877. The fourth-order valence-electron chi connectivity index (χ4n) is 2.80. The van der Waals surface area contributed by atoms with Crippen LogP contribution in [-0.4, -0.2) is 29.3 Å². The molecule has 24 heavy (non-hydrogen) atoms. The van der Waals surface area contributed by atoms with Crippen LogP contribution in [0.2, 0.25) is 0 Å². The molecule has 130 valence electrons. The molecular weight excluding hydrogens is 328 g/mol. The molecule has 1 aromatic heterocycles. The molecule has 7 heteroatoms. The fraction of sp³-hybridized carbons (Fsp3) is 0.412. The Morgan fingerprint density at radius 2 is 2.29 bits per heavy atom. The summed E-state index contributed by atoms with van der Waals surface area (Å²) in [5, 5.41) is 13.5. The number of hydrogen-bond donors (Lipinski definition) is 3. The molecule has 2 aromatic rings. The van der Waals surface area contributed by atoms with E-state index in [1.165, 1.54) is 0 Å². The van der Waals surface area contributed by atoms with E-state index in [4.69, 9.17) is 4.74 Å². The lowest BCUT2D eigenvalue weighted by atomic mass is 10.1. The minimum Gasteiger partial charge on any atom is -0.494 e. The van der Waals surface area contributed by atoms with E-state index in [9.17, 15) is 4.79 Å². The lowest BCUT2D eigenvalue weighted by Gasteiger charge is -2.16. The molecule has 1 atom stereocenters. The molecular formula is C17H23ClN4O2. The highest BCUT2D eigenvalue weighted by molar-refractivity contribution is 5.94. The zero-order valence-corrected chi connectivity index (χ0v) is 14.7. The van der Waals surface area contributed by atoms with Crippen LogP contribution in [0.15, 0.2) is 24.3 Å². The highest BCUT2D eigenvalue weighted by Gasteiger charge is 2.22. The van der Waals surface area contributed by atoms with Gasteiger partial charge in [0.25, 0.3) is 5.91 Å². The monoisotopic (exact) mass is 350 g/mol. The maximum atomic E-state index is 12.5. The van der Waals surface area contributed by atoms with Crippen LogP contribution in [0.1, 0.15) is 47.2 Å². The van der Waals surface area contributed by atoms with Gasteiger partial charge in [0.05, 0.1) is 12.6 Å². The maximum Gasteiger partial charge on any atom is 0.272 e. The topological polar surface area (TPSA) is 79.0 Å². The Morgan fingerprint density at radius 1 is 1.46 bits per heavy atom. The van der Waals surface area contributed by atoms with Crippen LogP contribution in [0.25, 0.3) is 0 Å². The van der Waals surface area contributed by atoms with Gasteiger partial charge >= 0.3 is 0 Å². The predicted molar refractivity (Wildman–Crippen MR) is 94.7 cm³/mol. The first-order valence-electron chi connectivity index (χ1n) is 7.99. The first-order chi connectivity index (χ1) is 11.2. The highest BCUT2D eigenvalue weighted by Crippen LogP contribution is 2.21. The van der Waals surface area contributed by atoms with Gasteiger partial charge in [-0.3, -0.25) is 9.89 Å². The summed E-state index contributed by atoms with van der Waals surface area (Å²) in [5.41, 5.74) is 3.52. The molecule has 1 aliphatic heterocycles. The summed E-state index contributed by atoms with van der Waals surface area (Å²) in [6.45, 7) is 6.13. The van der Waals surface area contributed by atoms with Gasteiger partial charge in [0.2, 0.25) is 0 Å². The minimum absolute atomic E-state index is 0. The molecule has 0 saturated carbocycles. The van der Waals surface area contributed by atoms with Crippen molar-refractivity contribution in [2.75, 3.05) is 13.2 Å². The Balaban J connectivity index is 0.00000208. The summed E-state index contributed by atoms with van der Waals surface area (Å²) in [7, 11) is 0. The summed E-state index contributed by atoms with van der Waals surface area (Å²) in [5.74, 6) is 0.660. The van der Waals surface area contributed by atoms with Crippen LogP contribution < -0.4 is 15.4 Å². The van der Waals surface area contributed by atoms with Crippen molar-refractivity contribution in [1.29, 1.82) is 0 Å². The number of carbonyl (C=O) groups excluding carboxylic acids is 1. The third-order valence-corrected chi connectivity index (χ3v) is 4.04. The first kappa shape index (κ1) is 18.3. The van der Waals surface area contributed by atoms with Crippen LogP contribution >= 0.6 is 12.4 Å². The predicted octanol–water partition coefficient (Wildman–Crippen LogP) is 2.37. The Kier molecular flexibility index (Phi) is 6.23. The lowest BCUT2D eigenvalue weighted by molar-refractivity contribution is 0.0933. The van der Waals surface area contributed by atoms with Crippen molar-refractivity contribution >= 4 is 18.3 Å². The SMILES string of the molecule is CCOc1cccc(C(C)NC(=O)c2n[nH]c3c2CNCC3)c1.Cl. The van der Waals surface area contributed by atoms with Gasteiger partial charge in [0.15, 0.2) is 5.69 Å². The van der Waals surface area contributed by atoms with E-state index in [2.05, 4.69) is 20.8 Å². The second kappa shape index (κ2) is 8.17. The Morgan fingerprint density at radius 3 is 3.08 bits per heavy atom. The van der Waals surface area contributed by atoms with Gasteiger partial charge in [-0.05, 0) is 31.5 Å². The number of amides is 1. The molecule has 0 aliphatic carbocycles. The van der Waals surface area contributed by atoms with E-state index in [1.807, 2.05) is 38.1 Å². The summed E-state index contributed by atoms with van der Waals surface area (Å²) >= 11 is 0. The van der Waals surface area contributed by atoms with E-state index in [-0.39, 0.29) is 24.4 Å². The number of hydrogen-bond acceptors (Lipinski definition) is 4. The molecule has 0 fully saturated rings. The van der Waals surface area contributed by atoms with Crippen LogP contribution in [-0.2, 0) is 13.0 Å². The van der Waals surface area contributed by atoms with Crippen molar-refractivity contribution in [2.24, 2.45) is 0 Å². The number of nitrogens with zero attached hydrogens (tertiary/aromatic N) is 1. The average Bonchev–Trinajstić information content (AvgIpc) is 2.99. The maximum absolute atomic E-state index is 12.5. The average molecular weight is 351 g/mol. The Labute approximate surface area is 147 Å². The van der Waals surface area contributed by atoms with E-state index in [0.717, 1.165) is 35.5 Å². The molecule has 0 spiro atoms. The number of ether oxygens (including phenoxy) is 1. The minimum atomic E-state index is -0.152. The van der Waals surface area contributed by atoms with Gasteiger partial charge in [0, 0.05) is 30.8 Å². The summed E-state index contributed by atoms with van der Waals surface area (Å²) in [4.78, 5) is 12.5. The first-order valence-corrected chi connectivity index (χ1v) is 7.99. The number of benzene rings is 1. The van der Waals surface area contributed by atoms with Crippen LogP contribution in [0, 0.1) is 0 Å². The van der Waals surface area contributed by atoms with Crippen molar-refractivity contribution < 1.29 is 9.53 Å².